The molecule has 1 aromatic carbocycles. The average Bonchev–Trinajstić information content (AvgIpc) is 2.15. The summed E-state index contributed by atoms with van der Waals surface area (Å²) in [6, 6.07) is 7.40. The highest BCUT2D eigenvalue weighted by molar-refractivity contribution is 5.66. The molecular formula is C10H8FNO2. The minimum absolute atomic E-state index is 0.0743. The summed E-state index contributed by atoms with van der Waals surface area (Å²) < 4.78 is 17.8. The van der Waals surface area contributed by atoms with Crippen LogP contribution in [0.4, 0.5) is 4.39 Å². The Kier molecular flexibility index (Phi) is 3.19. The number of hydrogen-bond donors (Lipinski definition) is 0. The zero-order valence-electron chi connectivity index (χ0n) is 7.53. The topological polar surface area (TPSA) is 50.1 Å². The van der Waals surface area contributed by atoms with Gasteiger partial charge in [-0.2, -0.15) is 5.26 Å². The quantitative estimate of drug-likeness (QED) is 0.674. The lowest BCUT2D eigenvalue weighted by atomic mass is 10.1. The van der Waals surface area contributed by atoms with Gasteiger partial charge in [0.05, 0.1) is 0 Å². The fourth-order valence-electron chi connectivity index (χ4n) is 1.01. The summed E-state index contributed by atoms with van der Waals surface area (Å²) in [5.74, 6) is -1.17. The van der Waals surface area contributed by atoms with Crippen molar-refractivity contribution in [2.75, 3.05) is 0 Å². The first kappa shape index (κ1) is 10.2. The Hall–Kier alpha value is -1.89. The summed E-state index contributed by atoms with van der Waals surface area (Å²) in [7, 11) is 0. The predicted molar refractivity (Wildman–Crippen MR) is 46.5 cm³/mol. The molecule has 0 aromatic heterocycles. The number of ether oxygens (including phenoxy) is 1. The summed E-state index contributed by atoms with van der Waals surface area (Å²) in [4.78, 5) is 10.6. The number of nitrogens with zero attached hydrogens (tertiary/aromatic N) is 1. The summed E-state index contributed by atoms with van der Waals surface area (Å²) in [6.07, 6.45) is -1.17. The molecule has 0 amide bonds. The normalized spacial score (nSPS) is 11.5. The second-order valence-corrected chi connectivity index (χ2v) is 2.64. The van der Waals surface area contributed by atoms with Crippen molar-refractivity contribution in [2.45, 2.75) is 13.0 Å². The van der Waals surface area contributed by atoms with Crippen LogP contribution in [0.2, 0.25) is 0 Å². The first-order valence-electron chi connectivity index (χ1n) is 3.96. The van der Waals surface area contributed by atoms with Gasteiger partial charge < -0.3 is 4.74 Å². The van der Waals surface area contributed by atoms with Gasteiger partial charge in [0.1, 0.15) is 11.9 Å². The van der Waals surface area contributed by atoms with Crippen molar-refractivity contribution in [3.8, 4) is 6.07 Å². The zero-order chi connectivity index (χ0) is 10.6. The van der Waals surface area contributed by atoms with Gasteiger partial charge in [-0.3, -0.25) is 4.79 Å². The second-order valence-electron chi connectivity index (χ2n) is 2.64. The smallest absolute Gasteiger partial charge is 0.304 e. The van der Waals surface area contributed by atoms with Gasteiger partial charge in [0.15, 0.2) is 0 Å². The molecule has 72 valence electrons. The third kappa shape index (κ3) is 2.30. The average molecular weight is 193 g/mol. The molecule has 0 heterocycles. The van der Waals surface area contributed by atoms with Crippen molar-refractivity contribution >= 4 is 5.97 Å². The fraction of sp³-hybridized carbons (Fsp3) is 0.200. The van der Waals surface area contributed by atoms with Crippen LogP contribution in [0.1, 0.15) is 18.6 Å². The predicted octanol–water partition coefficient (Wildman–Crippen LogP) is 1.95. The first-order chi connectivity index (χ1) is 6.65. The summed E-state index contributed by atoms with van der Waals surface area (Å²) in [5, 5.41) is 8.66. The Bertz CT molecular complexity index is 384. The van der Waals surface area contributed by atoms with Crippen molar-refractivity contribution < 1.29 is 13.9 Å². The lowest BCUT2D eigenvalue weighted by Crippen LogP contribution is -2.07. The molecule has 3 nitrogen and oxygen atoms in total. The molecule has 0 N–H and O–H groups in total. The Morgan fingerprint density at radius 2 is 2.21 bits per heavy atom. The minimum atomic E-state index is -1.17. The molecule has 14 heavy (non-hydrogen) atoms. The molecule has 0 unspecified atom stereocenters. The van der Waals surface area contributed by atoms with E-state index in [9.17, 15) is 9.18 Å². The maximum Gasteiger partial charge on any atom is 0.304 e. The van der Waals surface area contributed by atoms with Crippen LogP contribution in [0.15, 0.2) is 24.3 Å². The third-order valence-corrected chi connectivity index (χ3v) is 1.59. The number of carbonyl (C=O) groups excluding carboxylic acids is 1. The molecule has 0 aliphatic carbocycles. The van der Waals surface area contributed by atoms with E-state index in [1.165, 1.54) is 25.1 Å². The van der Waals surface area contributed by atoms with Gasteiger partial charge in [0, 0.05) is 12.5 Å². The minimum Gasteiger partial charge on any atom is -0.442 e. The molecule has 0 saturated carbocycles. The van der Waals surface area contributed by atoms with Crippen LogP contribution in [0, 0.1) is 17.1 Å². The van der Waals surface area contributed by atoms with Crippen molar-refractivity contribution in [2.24, 2.45) is 0 Å². The molecule has 4 heteroatoms. The molecule has 0 bridgehead atoms. The Labute approximate surface area is 80.7 Å². The molecule has 1 atom stereocenters. The largest absolute Gasteiger partial charge is 0.442 e. The van der Waals surface area contributed by atoms with Gasteiger partial charge in [0.2, 0.25) is 6.10 Å². The van der Waals surface area contributed by atoms with Crippen molar-refractivity contribution in [3.63, 3.8) is 0 Å². The van der Waals surface area contributed by atoms with Crippen molar-refractivity contribution in [3.05, 3.63) is 35.6 Å². The van der Waals surface area contributed by atoms with Gasteiger partial charge in [-0.25, -0.2) is 4.39 Å². The van der Waals surface area contributed by atoms with E-state index >= 15 is 0 Å². The number of benzene rings is 1. The molecule has 0 fully saturated rings. The van der Waals surface area contributed by atoms with Crippen molar-refractivity contribution in [1.29, 1.82) is 5.26 Å². The number of carbonyl (C=O) groups is 1. The van der Waals surface area contributed by atoms with E-state index in [2.05, 4.69) is 4.74 Å². The molecule has 1 aromatic rings. The number of rotatable bonds is 2. The van der Waals surface area contributed by atoms with Gasteiger partial charge in [0.25, 0.3) is 0 Å². The van der Waals surface area contributed by atoms with Crippen molar-refractivity contribution in [1.82, 2.24) is 0 Å². The fourth-order valence-corrected chi connectivity index (χ4v) is 1.01. The first-order valence-corrected chi connectivity index (χ1v) is 3.96. The van der Waals surface area contributed by atoms with Crippen LogP contribution in [-0.4, -0.2) is 5.97 Å². The molecular weight excluding hydrogens is 185 g/mol. The van der Waals surface area contributed by atoms with Crippen LogP contribution >= 0.6 is 0 Å². The van der Waals surface area contributed by atoms with E-state index in [0.29, 0.717) is 0 Å². The van der Waals surface area contributed by atoms with E-state index in [1.54, 1.807) is 12.1 Å². The molecule has 0 saturated heterocycles. The van der Waals surface area contributed by atoms with Crippen LogP contribution < -0.4 is 0 Å². The van der Waals surface area contributed by atoms with E-state index < -0.39 is 17.9 Å². The highest BCUT2D eigenvalue weighted by atomic mass is 19.1. The molecule has 0 aliphatic rings. The monoisotopic (exact) mass is 193 g/mol. The van der Waals surface area contributed by atoms with Crippen LogP contribution in [0.25, 0.3) is 0 Å². The summed E-state index contributed by atoms with van der Waals surface area (Å²) >= 11 is 0. The van der Waals surface area contributed by atoms with Gasteiger partial charge >= 0.3 is 5.97 Å². The molecule has 0 spiro atoms. The Morgan fingerprint density at radius 1 is 1.57 bits per heavy atom. The highest BCUT2D eigenvalue weighted by Crippen LogP contribution is 2.19. The standard InChI is InChI=1S/C10H8FNO2/c1-7(13)14-10(6-12)8-4-2-3-5-9(8)11/h2-5,10H,1H3/t10-/m1/s1. The Balaban J connectivity index is 2.96. The van der Waals surface area contributed by atoms with Crippen LogP contribution in [0.5, 0.6) is 0 Å². The van der Waals surface area contributed by atoms with E-state index in [4.69, 9.17) is 5.26 Å². The molecule has 0 aliphatic heterocycles. The lowest BCUT2D eigenvalue weighted by molar-refractivity contribution is -0.144. The number of hydrogen-bond acceptors (Lipinski definition) is 3. The third-order valence-electron chi connectivity index (χ3n) is 1.59. The lowest BCUT2D eigenvalue weighted by Gasteiger charge is -2.09. The highest BCUT2D eigenvalue weighted by Gasteiger charge is 2.16. The molecule has 1 rings (SSSR count). The van der Waals surface area contributed by atoms with Crippen LogP contribution in [0.3, 0.4) is 0 Å². The van der Waals surface area contributed by atoms with E-state index in [1.807, 2.05) is 0 Å². The maximum absolute atomic E-state index is 13.1. The number of esters is 1. The Morgan fingerprint density at radius 3 is 2.71 bits per heavy atom. The molecule has 0 radical (unpaired) electrons. The number of halogens is 1. The van der Waals surface area contributed by atoms with E-state index in [-0.39, 0.29) is 5.56 Å². The van der Waals surface area contributed by atoms with Gasteiger partial charge in [-0.1, -0.05) is 18.2 Å². The van der Waals surface area contributed by atoms with Gasteiger partial charge in [-0.15, -0.1) is 0 Å². The summed E-state index contributed by atoms with van der Waals surface area (Å²) in [6.45, 7) is 1.17. The summed E-state index contributed by atoms with van der Waals surface area (Å²) in [5.41, 5.74) is 0.0743. The number of nitriles is 1. The second kappa shape index (κ2) is 4.38. The maximum atomic E-state index is 13.1. The van der Waals surface area contributed by atoms with Crippen LogP contribution in [-0.2, 0) is 9.53 Å². The SMILES string of the molecule is CC(=O)O[C@H](C#N)c1ccccc1F. The zero-order valence-corrected chi connectivity index (χ0v) is 7.53. The van der Waals surface area contributed by atoms with Gasteiger partial charge in [-0.05, 0) is 6.07 Å². The van der Waals surface area contributed by atoms with E-state index in [0.717, 1.165) is 0 Å².